The summed E-state index contributed by atoms with van der Waals surface area (Å²) >= 11 is 0. The van der Waals surface area contributed by atoms with Gasteiger partial charge in [0, 0.05) is 26.3 Å². The van der Waals surface area contributed by atoms with Gasteiger partial charge in [-0.2, -0.15) is 5.10 Å². The lowest BCUT2D eigenvalue weighted by Gasteiger charge is -2.12. The first kappa shape index (κ1) is 13.3. The SMILES string of the molecule is CC(N)c1ccccc1-n1ccc(C(=O)N(C)C)n1. The van der Waals surface area contributed by atoms with Crippen LogP contribution < -0.4 is 5.73 Å². The zero-order chi connectivity index (χ0) is 14.0. The van der Waals surface area contributed by atoms with Gasteiger partial charge in [0.1, 0.15) is 0 Å². The Morgan fingerprint density at radius 3 is 2.63 bits per heavy atom. The lowest BCUT2D eigenvalue weighted by molar-refractivity contribution is 0.0821. The third-order valence-electron chi connectivity index (χ3n) is 2.89. The van der Waals surface area contributed by atoms with Gasteiger partial charge in [0.2, 0.25) is 0 Å². The molecule has 0 fully saturated rings. The number of aromatic nitrogens is 2. The molecule has 0 radical (unpaired) electrons. The number of nitrogens with zero attached hydrogens (tertiary/aromatic N) is 3. The highest BCUT2D eigenvalue weighted by atomic mass is 16.2. The predicted molar refractivity (Wildman–Crippen MR) is 74.2 cm³/mol. The van der Waals surface area contributed by atoms with Gasteiger partial charge in [-0.25, -0.2) is 4.68 Å². The van der Waals surface area contributed by atoms with Crippen LogP contribution in [0.2, 0.25) is 0 Å². The summed E-state index contributed by atoms with van der Waals surface area (Å²) in [4.78, 5) is 13.3. The largest absolute Gasteiger partial charge is 0.343 e. The van der Waals surface area contributed by atoms with Crippen LogP contribution in [0.3, 0.4) is 0 Å². The molecule has 1 aromatic heterocycles. The first-order valence-electron chi connectivity index (χ1n) is 6.13. The second kappa shape index (κ2) is 5.24. The van der Waals surface area contributed by atoms with E-state index in [0.717, 1.165) is 11.3 Å². The number of benzene rings is 1. The van der Waals surface area contributed by atoms with Crippen molar-refractivity contribution in [1.82, 2.24) is 14.7 Å². The van der Waals surface area contributed by atoms with Crippen LogP contribution in [0.4, 0.5) is 0 Å². The normalized spacial score (nSPS) is 12.2. The van der Waals surface area contributed by atoms with E-state index >= 15 is 0 Å². The van der Waals surface area contributed by atoms with Crippen LogP contribution in [0.5, 0.6) is 0 Å². The van der Waals surface area contributed by atoms with E-state index in [2.05, 4.69) is 5.10 Å². The van der Waals surface area contributed by atoms with Crippen LogP contribution in [-0.4, -0.2) is 34.7 Å². The van der Waals surface area contributed by atoms with E-state index in [1.54, 1.807) is 31.0 Å². The Labute approximate surface area is 112 Å². The van der Waals surface area contributed by atoms with Crippen molar-refractivity contribution in [3.8, 4) is 5.69 Å². The van der Waals surface area contributed by atoms with E-state index in [1.165, 1.54) is 4.90 Å². The van der Waals surface area contributed by atoms with E-state index in [1.807, 2.05) is 31.2 Å². The van der Waals surface area contributed by atoms with Crippen LogP contribution in [-0.2, 0) is 0 Å². The molecule has 1 unspecified atom stereocenters. The van der Waals surface area contributed by atoms with Gasteiger partial charge >= 0.3 is 0 Å². The number of hydrogen-bond donors (Lipinski definition) is 1. The molecule has 5 nitrogen and oxygen atoms in total. The zero-order valence-corrected chi connectivity index (χ0v) is 11.4. The highest BCUT2D eigenvalue weighted by molar-refractivity contribution is 5.91. The summed E-state index contributed by atoms with van der Waals surface area (Å²) in [6, 6.07) is 9.40. The molecule has 19 heavy (non-hydrogen) atoms. The minimum absolute atomic E-state index is 0.0894. The Kier molecular flexibility index (Phi) is 3.66. The molecule has 0 spiro atoms. The molecule has 0 saturated carbocycles. The Bertz CT molecular complexity index is 587. The smallest absolute Gasteiger partial charge is 0.273 e. The summed E-state index contributed by atoms with van der Waals surface area (Å²) in [7, 11) is 3.41. The molecule has 2 rings (SSSR count). The molecule has 2 aromatic rings. The second-order valence-electron chi connectivity index (χ2n) is 4.69. The third-order valence-corrected chi connectivity index (χ3v) is 2.89. The maximum absolute atomic E-state index is 11.8. The number of carbonyl (C=O) groups is 1. The van der Waals surface area contributed by atoms with Crippen molar-refractivity contribution in [2.45, 2.75) is 13.0 Å². The molecule has 1 aromatic carbocycles. The summed E-state index contributed by atoms with van der Waals surface area (Å²) in [6.45, 7) is 1.92. The van der Waals surface area contributed by atoms with E-state index in [4.69, 9.17) is 5.73 Å². The molecule has 0 aliphatic heterocycles. The molecule has 2 N–H and O–H groups in total. The summed E-state index contributed by atoms with van der Waals surface area (Å²) in [6.07, 6.45) is 1.78. The Morgan fingerprint density at radius 1 is 1.32 bits per heavy atom. The number of amides is 1. The van der Waals surface area contributed by atoms with Crippen LogP contribution in [0, 0.1) is 0 Å². The fourth-order valence-corrected chi connectivity index (χ4v) is 1.88. The molecule has 1 heterocycles. The van der Waals surface area contributed by atoms with Crippen molar-refractivity contribution in [3.63, 3.8) is 0 Å². The zero-order valence-electron chi connectivity index (χ0n) is 11.4. The van der Waals surface area contributed by atoms with E-state index in [9.17, 15) is 4.79 Å². The summed E-state index contributed by atoms with van der Waals surface area (Å²) < 4.78 is 1.69. The number of carbonyl (C=O) groups excluding carboxylic acids is 1. The van der Waals surface area contributed by atoms with Crippen molar-refractivity contribution >= 4 is 5.91 Å². The molecular weight excluding hydrogens is 240 g/mol. The molecule has 0 aliphatic rings. The molecule has 5 heteroatoms. The van der Waals surface area contributed by atoms with E-state index in [0.29, 0.717) is 5.69 Å². The van der Waals surface area contributed by atoms with Crippen molar-refractivity contribution in [1.29, 1.82) is 0 Å². The fourth-order valence-electron chi connectivity index (χ4n) is 1.88. The Morgan fingerprint density at radius 2 is 2.00 bits per heavy atom. The van der Waals surface area contributed by atoms with Crippen molar-refractivity contribution in [3.05, 3.63) is 47.8 Å². The number of hydrogen-bond acceptors (Lipinski definition) is 3. The highest BCUT2D eigenvalue weighted by Crippen LogP contribution is 2.19. The number of nitrogens with two attached hydrogens (primary N) is 1. The molecule has 0 bridgehead atoms. The number of para-hydroxylation sites is 1. The van der Waals surface area contributed by atoms with Gasteiger partial charge in [0.25, 0.3) is 5.91 Å². The van der Waals surface area contributed by atoms with Gasteiger partial charge in [-0.05, 0) is 24.6 Å². The van der Waals surface area contributed by atoms with Gasteiger partial charge in [-0.15, -0.1) is 0 Å². The monoisotopic (exact) mass is 258 g/mol. The predicted octanol–water partition coefficient (Wildman–Crippen LogP) is 1.59. The lowest BCUT2D eigenvalue weighted by Crippen LogP contribution is -2.22. The second-order valence-corrected chi connectivity index (χ2v) is 4.69. The third kappa shape index (κ3) is 2.66. The molecule has 100 valence electrons. The van der Waals surface area contributed by atoms with Crippen LogP contribution >= 0.6 is 0 Å². The topological polar surface area (TPSA) is 64.2 Å². The Hall–Kier alpha value is -2.14. The minimum atomic E-state index is -0.114. The maximum Gasteiger partial charge on any atom is 0.273 e. The molecule has 1 amide bonds. The minimum Gasteiger partial charge on any atom is -0.343 e. The molecule has 0 saturated heterocycles. The fraction of sp³-hybridized carbons (Fsp3) is 0.286. The summed E-state index contributed by atoms with van der Waals surface area (Å²) in [5.74, 6) is -0.114. The van der Waals surface area contributed by atoms with Gasteiger partial charge < -0.3 is 10.6 Å². The van der Waals surface area contributed by atoms with Crippen LogP contribution in [0.25, 0.3) is 5.69 Å². The average Bonchev–Trinajstić information content (AvgIpc) is 2.87. The quantitative estimate of drug-likeness (QED) is 0.909. The standard InChI is InChI=1S/C14H18N4O/c1-10(15)11-6-4-5-7-13(11)18-9-8-12(16-18)14(19)17(2)3/h4-10H,15H2,1-3H3. The van der Waals surface area contributed by atoms with Crippen LogP contribution in [0.15, 0.2) is 36.5 Å². The van der Waals surface area contributed by atoms with Crippen molar-refractivity contribution in [2.24, 2.45) is 5.73 Å². The average molecular weight is 258 g/mol. The van der Waals surface area contributed by atoms with Crippen molar-refractivity contribution in [2.75, 3.05) is 14.1 Å². The summed E-state index contributed by atoms with van der Waals surface area (Å²) in [5.41, 5.74) is 8.26. The lowest BCUT2D eigenvalue weighted by atomic mass is 10.1. The maximum atomic E-state index is 11.8. The summed E-state index contributed by atoms with van der Waals surface area (Å²) in [5, 5.41) is 4.31. The van der Waals surface area contributed by atoms with E-state index in [-0.39, 0.29) is 11.9 Å². The molecule has 1 atom stereocenters. The van der Waals surface area contributed by atoms with Gasteiger partial charge in [0.15, 0.2) is 5.69 Å². The van der Waals surface area contributed by atoms with E-state index < -0.39 is 0 Å². The van der Waals surface area contributed by atoms with Gasteiger partial charge in [0.05, 0.1) is 5.69 Å². The van der Waals surface area contributed by atoms with Crippen LogP contribution in [0.1, 0.15) is 29.0 Å². The highest BCUT2D eigenvalue weighted by Gasteiger charge is 2.14. The first-order valence-corrected chi connectivity index (χ1v) is 6.13. The Balaban J connectivity index is 2.41. The van der Waals surface area contributed by atoms with Gasteiger partial charge in [-0.3, -0.25) is 4.79 Å². The van der Waals surface area contributed by atoms with Gasteiger partial charge in [-0.1, -0.05) is 18.2 Å². The number of rotatable bonds is 3. The molecular formula is C14H18N4O. The van der Waals surface area contributed by atoms with Crippen molar-refractivity contribution < 1.29 is 4.79 Å². The molecule has 0 aliphatic carbocycles. The first-order chi connectivity index (χ1) is 9.00.